The van der Waals surface area contributed by atoms with Crippen molar-refractivity contribution in [3.05, 3.63) is 30.2 Å². The van der Waals surface area contributed by atoms with Gasteiger partial charge in [0.1, 0.15) is 6.04 Å². The Kier molecular flexibility index (Phi) is 3.73. The van der Waals surface area contributed by atoms with Gasteiger partial charge in [0, 0.05) is 34.2 Å². The van der Waals surface area contributed by atoms with E-state index in [9.17, 15) is 9.59 Å². The van der Waals surface area contributed by atoms with Crippen LogP contribution in [0.3, 0.4) is 0 Å². The van der Waals surface area contributed by atoms with Crippen LogP contribution in [0, 0.1) is 0 Å². The maximum absolute atomic E-state index is 12.5. The van der Waals surface area contributed by atoms with Crippen molar-refractivity contribution < 1.29 is 13.7 Å². The summed E-state index contributed by atoms with van der Waals surface area (Å²) in [5.41, 5.74) is 5.88. The fourth-order valence-electron chi connectivity index (χ4n) is 3.57. The highest BCUT2D eigenvalue weighted by Crippen LogP contribution is 2.43. The van der Waals surface area contributed by atoms with Crippen molar-refractivity contribution in [3.63, 3.8) is 0 Å². The van der Waals surface area contributed by atoms with Crippen LogP contribution in [0.1, 0.15) is 48.8 Å². The molecule has 1 aliphatic heterocycles. The number of hydrogen-bond acceptors (Lipinski definition) is 5. The average Bonchev–Trinajstić information content (AvgIpc) is 3.29. The van der Waals surface area contributed by atoms with Crippen LogP contribution < -0.4 is 11.1 Å². The van der Waals surface area contributed by atoms with Gasteiger partial charge in [0.2, 0.25) is 5.91 Å². The number of primary amides is 1. The number of amides is 3. The molecular formula is C19H23N5O2S. The molecule has 0 unspecified atom stereocenters. The van der Waals surface area contributed by atoms with Crippen LogP contribution in [0.5, 0.6) is 0 Å². The number of pyridine rings is 1. The van der Waals surface area contributed by atoms with Crippen LogP contribution in [0.4, 0.5) is 9.93 Å². The number of hydrogen-bond donors (Lipinski definition) is 2. The summed E-state index contributed by atoms with van der Waals surface area (Å²) in [6.07, 6.45) is 6.63. The topological polar surface area (TPSA) is 101 Å². The number of carbonyl (C=O) groups is 2. The minimum absolute atomic E-state index is 0.400. The van der Waals surface area contributed by atoms with Crippen LogP contribution in [-0.4, -0.2) is 39.4 Å². The zero-order valence-corrected chi connectivity index (χ0v) is 15.6. The van der Waals surface area contributed by atoms with Crippen LogP contribution in [-0.2, 0) is 10.2 Å². The van der Waals surface area contributed by atoms with Crippen molar-refractivity contribution in [2.75, 3.05) is 11.9 Å². The van der Waals surface area contributed by atoms with E-state index in [1.54, 1.807) is 18.5 Å². The highest BCUT2D eigenvalue weighted by atomic mass is 32.1. The molecule has 8 heteroatoms. The summed E-state index contributed by atoms with van der Waals surface area (Å²) in [5, 5.41) is 3.13. The third kappa shape index (κ3) is 3.41. The number of nitrogens with zero attached hydrogens (tertiary/aromatic N) is 3. The molecule has 0 radical (unpaired) electrons. The Morgan fingerprint density at radius 2 is 2.26 bits per heavy atom. The van der Waals surface area contributed by atoms with Gasteiger partial charge >= 0.3 is 6.03 Å². The Bertz CT molecular complexity index is 973. The van der Waals surface area contributed by atoms with Gasteiger partial charge in [0.15, 0.2) is 5.13 Å². The maximum Gasteiger partial charge on any atom is 0.324 e. The molecule has 3 amide bonds. The molecule has 7 nitrogen and oxygen atoms in total. The van der Waals surface area contributed by atoms with Gasteiger partial charge in [-0.1, -0.05) is 24.6 Å². The molecule has 0 spiro atoms. The Hall–Kier alpha value is -2.48. The fourth-order valence-corrected chi connectivity index (χ4v) is 4.37. The van der Waals surface area contributed by atoms with E-state index in [2.05, 4.69) is 15.3 Å². The predicted molar refractivity (Wildman–Crippen MR) is 104 cm³/mol. The van der Waals surface area contributed by atoms with Crippen LogP contribution in [0.2, 0.25) is 0 Å². The lowest BCUT2D eigenvalue weighted by molar-refractivity contribution is -0.121. The summed E-state index contributed by atoms with van der Waals surface area (Å²) >= 11 is 1.28. The molecular weight excluding hydrogens is 362 g/mol. The number of nitrogens with two attached hydrogens (primary N) is 1. The summed E-state index contributed by atoms with van der Waals surface area (Å²) in [5.74, 6) is -0.508. The SMILES string of the molecule is [2H]C([2H])([2H])C1(c2cc(-c3cnc(NC(=O)N4CCC[C@H]4C(N)=O)s3)ccn2)CCC1. The van der Waals surface area contributed by atoms with Gasteiger partial charge in [-0.05, 0) is 43.4 Å². The van der Waals surface area contributed by atoms with E-state index < -0.39 is 30.2 Å². The molecule has 4 rings (SSSR count). The molecule has 2 fully saturated rings. The molecule has 0 aromatic carbocycles. The zero-order chi connectivity index (χ0) is 21.5. The molecule has 27 heavy (non-hydrogen) atoms. The van der Waals surface area contributed by atoms with Gasteiger partial charge in [-0.2, -0.15) is 0 Å². The number of rotatable bonds is 4. The van der Waals surface area contributed by atoms with Crippen molar-refractivity contribution in [2.24, 2.45) is 5.73 Å². The number of anilines is 1. The highest BCUT2D eigenvalue weighted by Gasteiger charge is 2.35. The molecule has 3 N–H and O–H groups in total. The molecule has 1 saturated carbocycles. The smallest absolute Gasteiger partial charge is 0.324 e. The monoisotopic (exact) mass is 388 g/mol. The van der Waals surface area contributed by atoms with E-state index in [1.165, 1.54) is 16.2 Å². The molecule has 2 aromatic rings. The largest absolute Gasteiger partial charge is 0.368 e. The zero-order valence-electron chi connectivity index (χ0n) is 17.8. The summed E-state index contributed by atoms with van der Waals surface area (Å²) < 4.78 is 23.9. The molecule has 1 saturated heterocycles. The summed E-state index contributed by atoms with van der Waals surface area (Å²) in [6.45, 7) is -1.63. The van der Waals surface area contributed by atoms with Gasteiger partial charge in [-0.25, -0.2) is 9.78 Å². The number of aromatic nitrogens is 2. The van der Waals surface area contributed by atoms with E-state index in [0.717, 1.165) is 23.3 Å². The van der Waals surface area contributed by atoms with Crippen molar-refractivity contribution in [3.8, 4) is 10.4 Å². The number of urea groups is 1. The molecule has 2 aliphatic rings. The van der Waals surface area contributed by atoms with Crippen LogP contribution in [0.15, 0.2) is 24.5 Å². The first-order valence-corrected chi connectivity index (χ1v) is 9.83. The maximum atomic E-state index is 12.5. The van der Waals surface area contributed by atoms with Crippen molar-refractivity contribution in [1.82, 2.24) is 14.9 Å². The van der Waals surface area contributed by atoms with E-state index in [-0.39, 0.29) is 0 Å². The van der Waals surface area contributed by atoms with E-state index in [4.69, 9.17) is 9.85 Å². The van der Waals surface area contributed by atoms with Crippen molar-refractivity contribution >= 4 is 28.4 Å². The second kappa shape index (κ2) is 6.92. The third-order valence-corrected chi connectivity index (χ3v) is 6.27. The average molecular weight is 389 g/mol. The first-order chi connectivity index (χ1) is 14.2. The minimum atomic E-state index is -2.10. The molecule has 1 atom stereocenters. The molecule has 3 heterocycles. The lowest BCUT2D eigenvalue weighted by atomic mass is 9.68. The lowest BCUT2D eigenvalue weighted by Gasteiger charge is -2.37. The third-order valence-electron chi connectivity index (χ3n) is 5.30. The Morgan fingerprint density at radius 1 is 1.41 bits per heavy atom. The van der Waals surface area contributed by atoms with Crippen molar-refractivity contribution in [2.45, 2.75) is 50.4 Å². The van der Waals surface area contributed by atoms with Gasteiger partial charge in [-0.3, -0.25) is 15.1 Å². The van der Waals surface area contributed by atoms with E-state index in [0.29, 0.717) is 36.6 Å². The lowest BCUT2D eigenvalue weighted by Crippen LogP contribution is -2.45. The first-order valence-electron chi connectivity index (χ1n) is 10.5. The Balaban J connectivity index is 1.52. The highest BCUT2D eigenvalue weighted by molar-refractivity contribution is 7.19. The van der Waals surface area contributed by atoms with E-state index >= 15 is 0 Å². The number of likely N-dealkylation sites (tertiary alicyclic amines) is 1. The minimum Gasteiger partial charge on any atom is -0.368 e. The molecule has 2 aromatic heterocycles. The van der Waals surface area contributed by atoms with Gasteiger partial charge in [0.05, 0.1) is 4.88 Å². The van der Waals surface area contributed by atoms with Gasteiger partial charge in [-0.15, -0.1) is 0 Å². The number of thiazole rings is 1. The van der Waals surface area contributed by atoms with Crippen LogP contribution in [0.25, 0.3) is 10.4 Å². The standard InChI is InChI=1S/C19H23N5O2S/c1-19(6-3-7-19)15-10-12(5-8-21-15)14-11-22-17(27-14)23-18(26)24-9-2-4-13(24)16(20)25/h5,8,10-11,13H,2-4,6-7,9H2,1H3,(H2,20,25)(H,22,23,26)/t13-/m0/s1/i1D3. The molecule has 1 aliphatic carbocycles. The normalized spacial score (nSPS) is 23.0. The molecule has 0 bridgehead atoms. The summed E-state index contributed by atoms with van der Waals surface area (Å²) in [6, 6.07) is 2.63. The van der Waals surface area contributed by atoms with Crippen molar-refractivity contribution in [1.29, 1.82) is 0 Å². The van der Waals surface area contributed by atoms with E-state index in [1.807, 2.05) is 6.07 Å². The quantitative estimate of drug-likeness (QED) is 0.840. The predicted octanol–water partition coefficient (Wildman–Crippen LogP) is 3.13. The second-order valence-electron chi connectivity index (χ2n) is 7.08. The summed E-state index contributed by atoms with van der Waals surface area (Å²) in [7, 11) is 0. The second-order valence-corrected chi connectivity index (χ2v) is 8.11. The van der Waals surface area contributed by atoms with Gasteiger partial charge < -0.3 is 10.6 Å². The number of nitrogens with one attached hydrogen (secondary N) is 1. The summed E-state index contributed by atoms with van der Waals surface area (Å²) in [4.78, 5) is 34.9. The van der Waals surface area contributed by atoms with Crippen LogP contribution >= 0.6 is 11.3 Å². The first kappa shape index (κ1) is 14.6. The fraction of sp³-hybridized carbons (Fsp3) is 0.474. The Labute approximate surface area is 166 Å². The van der Waals surface area contributed by atoms with Gasteiger partial charge in [0.25, 0.3) is 0 Å². The molecule has 142 valence electrons. The Morgan fingerprint density at radius 3 is 2.96 bits per heavy atom. The number of carbonyl (C=O) groups excluding carboxylic acids is 2.